The quantitative estimate of drug-likeness (QED) is 0.658. The Kier molecular flexibility index (Phi) is 2.32. The highest BCUT2D eigenvalue weighted by atomic mass is 16.5. The van der Waals surface area contributed by atoms with Crippen molar-refractivity contribution in [2.45, 2.75) is 18.9 Å². The molecule has 3 aliphatic rings. The van der Waals surface area contributed by atoms with Crippen LogP contribution < -0.4 is 5.43 Å². The fourth-order valence-corrected chi connectivity index (χ4v) is 2.79. The Bertz CT molecular complexity index is 235. The molecule has 0 aromatic rings. The van der Waals surface area contributed by atoms with Gasteiger partial charge in [-0.25, -0.2) is 5.01 Å². The number of hydrogen-bond acceptors (Lipinski definition) is 3. The number of morpholine rings is 1. The van der Waals surface area contributed by atoms with E-state index in [0.29, 0.717) is 6.04 Å². The maximum absolute atomic E-state index is 5.32. The summed E-state index contributed by atoms with van der Waals surface area (Å²) in [6.07, 6.45) is 7.41. The Labute approximate surface area is 85.1 Å². The van der Waals surface area contributed by atoms with Crippen LogP contribution in [0.5, 0.6) is 0 Å². The van der Waals surface area contributed by atoms with Crippen LogP contribution in [-0.2, 0) is 4.74 Å². The predicted molar refractivity (Wildman–Crippen MR) is 54.7 cm³/mol. The number of nitrogens with zero attached hydrogens (tertiary/aromatic N) is 1. The molecule has 1 heterocycles. The minimum absolute atomic E-state index is 0.705. The molecule has 3 nitrogen and oxygen atoms in total. The van der Waals surface area contributed by atoms with Gasteiger partial charge >= 0.3 is 0 Å². The van der Waals surface area contributed by atoms with Crippen molar-refractivity contribution < 1.29 is 4.74 Å². The molecule has 0 spiro atoms. The van der Waals surface area contributed by atoms with Gasteiger partial charge in [0.15, 0.2) is 0 Å². The van der Waals surface area contributed by atoms with Gasteiger partial charge in [0.25, 0.3) is 0 Å². The van der Waals surface area contributed by atoms with E-state index in [1.165, 1.54) is 12.8 Å². The third kappa shape index (κ3) is 1.49. The van der Waals surface area contributed by atoms with Gasteiger partial charge in [0.05, 0.1) is 13.2 Å². The molecule has 1 aliphatic heterocycles. The van der Waals surface area contributed by atoms with Crippen molar-refractivity contribution in [3.63, 3.8) is 0 Å². The van der Waals surface area contributed by atoms with Crippen LogP contribution in [0.2, 0.25) is 0 Å². The maximum Gasteiger partial charge on any atom is 0.0608 e. The summed E-state index contributed by atoms with van der Waals surface area (Å²) in [7, 11) is 0. The van der Waals surface area contributed by atoms with Gasteiger partial charge in [0.2, 0.25) is 0 Å². The van der Waals surface area contributed by atoms with Gasteiger partial charge < -0.3 is 4.74 Å². The van der Waals surface area contributed by atoms with Crippen molar-refractivity contribution in [2.24, 2.45) is 11.8 Å². The van der Waals surface area contributed by atoms with Crippen LogP contribution in [0.3, 0.4) is 0 Å². The van der Waals surface area contributed by atoms with Crippen molar-refractivity contribution in [1.82, 2.24) is 10.4 Å². The number of fused-ring (bicyclic) bond motifs is 1. The molecule has 3 heteroatoms. The second-order valence-corrected chi connectivity index (χ2v) is 4.57. The van der Waals surface area contributed by atoms with Crippen LogP contribution in [0, 0.1) is 11.8 Å². The molecule has 0 amide bonds. The highest BCUT2D eigenvalue weighted by molar-refractivity contribution is 5.12. The molecular weight excluding hydrogens is 176 g/mol. The number of nitrogens with one attached hydrogen (secondary N) is 1. The van der Waals surface area contributed by atoms with E-state index in [0.717, 1.165) is 38.1 Å². The van der Waals surface area contributed by atoms with E-state index in [4.69, 9.17) is 4.74 Å². The molecule has 1 N–H and O–H groups in total. The van der Waals surface area contributed by atoms with Gasteiger partial charge in [-0.1, -0.05) is 12.2 Å². The molecule has 0 aromatic heterocycles. The second-order valence-electron chi connectivity index (χ2n) is 4.57. The topological polar surface area (TPSA) is 24.5 Å². The molecule has 3 unspecified atom stereocenters. The van der Waals surface area contributed by atoms with Gasteiger partial charge in [-0.05, 0) is 24.7 Å². The number of hydrogen-bond donors (Lipinski definition) is 1. The van der Waals surface area contributed by atoms with Crippen molar-refractivity contribution in [2.75, 3.05) is 26.3 Å². The molecule has 3 atom stereocenters. The minimum atomic E-state index is 0.705. The van der Waals surface area contributed by atoms with E-state index in [2.05, 4.69) is 22.6 Å². The van der Waals surface area contributed by atoms with Crippen LogP contribution in [0.25, 0.3) is 0 Å². The van der Waals surface area contributed by atoms with Gasteiger partial charge in [0, 0.05) is 19.1 Å². The highest BCUT2D eigenvalue weighted by Crippen LogP contribution is 2.42. The number of ether oxygens (including phenoxy) is 1. The van der Waals surface area contributed by atoms with Crippen LogP contribution in [-0.4, -0.2) is 37.4 Å². The Hall–Kier alpha value is -0.380. The molecular formula is C11H18N2O. The lowest BCUT2D eigenvalue weighted by Gasteiger charge is -2.44. The first-order valence-electron chi connectivity index (χ1n) is 5.69. The molecule has 2 fully saturated rings. The Morgan fingerprint density at radius 3 is 2.93 bits per heavy atom. The van der Waals surface area contributed by atoms with E-state index < -0.39 is 0 Å². The molecule has 0 aromatic carbocycles. The molecule has 1 saturated carbocycles. The van der Waals surface area contributed by atoms with Crippen LogP contribution in [0.1, 0.15) is 12.8 Å². The molecule has 0 radical (unpaired) electrons. The Balaban J connectivity index is 1.50. The van der Waals surface area contributed by atoms with Gasteiger partial charge in [-0.15, -0.1) is 0 Å². The summed E-state index contributed by atoms with van der Waals surface area (Å²) < 4.78 is 5.32. The molecule has 0 bridgehead atoms. The van der Waals surface area contributed by atoms with Crippen LogP contribution in [0.4, 0.5) is 0 Å². The first kappa shape index (κ1) is 8.89. The second kappa shape index (κ2) is 3.65. The minimum Gasteiger partial charge on any atom is -0.379 e. The number of allylic oxidation sites excluding steroid dienone is 1. The average molecular weight is 194 g/mol. The summed E-state index contributed by atoms with van der Waals surface area (Å²) in [6.45, 7) is 3.84. The third-order valence-electron chi connectivity index (χ3n) is 3.72. The molecule has 3 rings (SSSR count). The van der Waals surface area contributed by atoms with Crippen LogP contribution in [0.15, 0.2) is 12.2 Å². The molecule has 78 valence electrons. The van der Waals surface area contributed by atoms with Gasteiger partial charge in [-0.3, -0.25) is 5.43 Å². The van der Waals surface area contributed by atoms with Crippen molar-refractivity contribution in [1.29, 1.82) is 0 Å². The van der Waals surface area contributed by atoms with Crippen molar-refractivity contribution in [3.8, 4) is 0 Å². The summed E-state index contributed by atoms with van der Waals surface area (Å²) in [5, 5.41) is 2.33. The first-order chi connectivity index (χ1) is 6.93. The first-order valence-corrected chi connectivity index (χ1v) is 5.69. The summed E-state index contributed by atoms with van der Waals surface area (Å²) in [4.78, 5) is 0. The number of rotatable bonds is 2. The van der Waals surface area contributed by atoms with Crippen molar-refractivity contribution in [3.05, 3.63) is 12.2 Å². The molecule has 2 aliphatic carbocycles. The summed E-state index contributed by atoms with van der Waals surface area (Å²) in [5.41, 5.74) is 3.63. The van der Waals surface area contributed by atoms with E-state index >= 15 is 0 Å². The lowest BCUT2D eigenvalue weighted by molar-refractivity contribution is -0.0196. The number of hydrazine groups is 1. The zero-order valence-electron chi connectivity index (χ0n) is 8.48. The normalized spacial score (nSPS) is 42.1. The van der Waals surface area contributed by atoms with E-state index in [-0.39, 0.29) is 0 Å². The highest BCUT2D eigenvalue weighted by Gasteiger charge is 2.41. The molecule has 1 saturated heterocycles. The monoisotopic (exact) mass is 194 g/mol. The maximum atomic E-state index is 5.32. The zero-order chi connectivity index (χ0) is 9.38. The smallest absolute Gasteiger partial charge is 0.0608 e. The Morgan fingerprint density at radius 2 is 2.14 bits per heavy atom. The largest absolute Gasteiger partial charge is 0.379 e. The van der Waals surface area contributed by atoms with E-state index in [1.54, 1.807) is 0 Å². The summed E-state index contributed by atoms with van der Waals surface area (Å²) >= 11 is 0. The fraction of sp³-hybridized carbons (Fsp3) is 0.818. The zero-order valence-corrected chi connectivity index (χ0v) is 8.48. The van der Waals surface area contributed by atoms with Crippen LogP contribution >= 0.6 is 0 Å². The lowest BCUT2D eigenvalue weighted by atomic mass is 9.71. The third-order valence-corrected chi connectivity index (χ3v) is 3.72. The predicted octanol–water partition coefficient (Wildman–Crippen LogP) is 0.788. The standard InChI is InChI=1S/C11H18N2O/c1-2-9-8-11(10(9)3-1)12-13-4-6-14-7-5-13/h1,3,9-12H,2,4-8H2. The SMILES string of the molecule is C1=CC2C(C1)CC2NN1CCOCC1. The summed E-state index contributed by atoms with van der Waals surface area (Å²) in [6, 6.07) is 0.705. The van der Waals surface area contributed by atoms with E-state index in [9.17, 15) is 0 Å². The van der Waals surface area contributed by atoms with E-state index in [1.807, 2.05) is 0 Å². The Morgan fingerprint density at radius 1 is 1.29 bits per heavy atom. The fourth-order valence-electron chi connectivity index (χ4n) is 2.79. The lowest BCUT2D eigenvalue weighted by Crippen LogP contribution is -2.57. The molecule has 14 heavy (non-hydrogen) atoms. The van der Waals surface area contributed by atoms with Crippen molar-refractivity contribution >= 4 is 0 Å². The average Bonchev–Trinajstić information content (AvgIpc) is 2.58. The van der Waals surface area contributed by atoms with Gasteiger partial charge in [-0.2, -0.15) is 0 Å². The van der Waals surface area contributed by atoms with Gasteiger partial charge in [0.1, 0.15) is 0 Å². The summed E-state index contributed by atoms with van der Waals surface area (Å²) in [5.74, 6) is 1.77.